The molecule has 1 unspecified atom stereocenters. The fraction of sp³-hybridized carbons (Fsp3) is 0.280. The first-order chi connectivity index (χ1) is 15.2. The summed E-state index contributed by atoms with van der Waals surface area (Å²) in [4.78, 5) is 21.6. The van der Waals surface area contributed by atoms with Crippen molar-refractivity contribution in [2.75, 3.05) is 36.4 Å². The Hall–Kier alpha value is -3.38. The zero-order valence-corrected chi connectivity index (χ0v) is 17.8. The number of amides is 1. The van der Waals surface area contributed by atoms with Crippen LogP contribution in [0.5, 0.6) is 5.75 Å². The molecule has 1 saturated heterocycles. The predicted octanol–water partition coefficient (Wildman–Crippen LogP) is 3.81. The average Bonchev–Trinajstić information content (AvgIpc) is 2.82. The van der Waals surface area contributed by atoms with Crippen molar-refractivity contribution in [3.05, 3.63) is 84.6 Å². The third-order valence-corrected chi connectivity index (χ3v) is 5.40. The first-order valence-electron chi connectivity index (χ1n) is 10.7. The largest absolute Gasteiger partial charge is 0.481 e. The molecule has 1 fully saturated rings. The van der Waals surface area contributed by atoms with Crippen LogP contribution >= 0.6 is 0 Å². The minimum absolute atomic E-state index is 0.165. The second-order valence-electron chi connectivity index (χ2n) is 7.71. The molecular formula is C25H28N4O2. The molecule has 6 nitrogen and oxygen atoms in total. The molecule has 0 bridgehead atoms. The molecule has 4 rings (SSSR count). The number of anilines is 2. The maximum absolute atomic E-state index is 12.4. The minimum Gasteiger partial charge on any atom is -0.481 e. The molecule has 2 heterocycles. The van der Waals surface area contributed by atoms with Crippen molar-refractivity contribution in [1.82, 2.24) is 9.88 Å². The van der Waals surface area contributed by atoms with E-state index in [0.717, 1.165) is 44.2 Å². The molecule has 0 saturated carbocycles. The second kappa shape index (κ2) is 10.1. The van der Waals surface area contributed by atoms with Crippen LogP contribution in [0.4, 0.5) is 11.5 Å². The number of hydrogen-bond donors (Lipinski definition) is 1. The number of piperazine rings is 1. The number of nitrogens with one attached hydrogen (secondary N) is 1. The fourth-order valence-electron chi connectivity index (χ4n) is 3.63. The molecule has 0 radical (unpaired) electrons. The number of aromatic nitrogens is 1. The summed E-state index contributed by atoms with van der Waals surface area (Å²) < 4.78 is 5.69. The number of hydrogen-bond acceptors (Lipinski definition) is 5. The topological polar surface area (TPSA) is 57.7 Å². The van der Waals surface area contributed by atoms with E-state index in [4.69, 9.17) is 4.74 Å². The van der Waals surface area contributed by atoms with Gasteiger partial charge in [0.25, 0.3) is 5.91 Å². The molecule has 1 aliphatic rings. The van der Waals surface area contributed by atoms with Crippen LogP contribution in [0.2, 0.25) is 0 Å². The first-order valence-corrected chi connectivity index (χ1v) is 10.7. The molecule has 0 spiro atoms. The smallest absolute Gasteiger partial charge is 0.265 e. The van der Waals surface area contributed by atoms with Crippen LogP contribution in [0, 0.1) is 0 Å². The molecule has 3 aromatic rings. The summed E-state index contributed by atoms with van der Waals surface area (Å²) >= 11 is 0. The van der Waals surface area contributed by atoms with E-state index >= 15 is 0 Å². The highest BCUT2D eigenvalue weighted by Crippen LogP contribution is 2.17. The summed E-state index contributed by atoms with van der Waals surface area (Å²) in [5.74, 6) is 1.57. The van der Waals surface area contributed by atoms with Gasteiger partial charge >= 0.3 is 0 Å². The van der Waals surface area contributed by atoms with E-state index in [2.05, 4.69) is 38.3 Å². The van der Waals surface area contributed by atoms with Crippen molar-refractivity contribution in [2.24, 2.45) is 0 Å². The van der Waals surface area contributed by atoms with Gasteiger partial charge < -0.3 is 15.0 Å². The Bertz CT molecular complexity index is 956. The number of rotatable bonds is 7. The Morgan fingerprint density at radius 2 is 1.68 bits per heavy atom. The van der Waals surface area contributed by atoms with E-state index in [-0.39, 0.29) is 5.91 Å². The molecule has 0 aliphatic carbocycles. The van der Waals surface area contributed by atoms with Crippen molar-refractivity contribution in [1.29, 1.82) is 0 Å². The van der Waals surface area contributed by atoms with E-state index < -0.39 is 6.10 Å². The van der Waals surface area contributed by atoms with Gasteiger partial charge in [-0.2, -0.15) is 0 Å². The second-order valence-corrected chi connectivity index (χ2v) is 7.71. The van der Waals surface area contributed by atoms with Gasteiger partial charge in [-0.05, 0) is 48.9 Å². The van der Waals surface area contributed by atoms with E-state index in [1.54, 1.807) is 6.92 Å². The molecule has 6 heteroatoms. The van der Waals surface area contributed by atoms with Crippen LogP contribution < -0.4 is 15.0 Å². The van der Waals surface area contributed by atoms with E-state index in [0.29, 0.717) is 5.75 Å². The molecule has 1 aliphatic heterocycles. The Kier molecular flexibility index (Phi) is 6.79. The monoisotopic (exact) mass is 416 g/mol. The lowest BCUT2D eigenvalue weighted by atomic mass is 10.1. The molecule has 1 amide bonds. The Balaban J connectivity index is 1.24. The van der Waals surface area contributed by atoms with Crippen molar-refractivity contribution < 1.29 is 9.53 Å². The summed E-state index contributed by atoms with van der Waals surface area (Å²) in [7, 11) is 0. The Morgan fingerprint density at radius 3 is 2.35 bits per heavy atom. The average molecular weight is 417 g/mol. The van der Waals surface area contributed by atoms with Crippen LogP contribution in [0.3, 0.4) is 0 Å². The molecule has 2 aromatic carbocycles. The van der Waals surface area contributed by atoms with Gasteiger partial charge in [-0.3, -0.25) is 9.69 Å². The number of pyridine rings is 1. The van der Waals surface area contributed by atoms with Gasteiger partial charge in [-0.1, -0.05) is 36.4 Å². The van der Waals surface area contributed by atoms with Gasteiger partial charge in [0.15, 0.2) is 6.10 Å². The number of ether oxygens (including phenoxy) is 1. The molecule has 31 heavy (non-hydrogen) atoms. The molecule has 1 aromatic heterocycles. The van der Waals surface area contributed by atoms with Gasteiger partial charge in [0.1, 0.15) is 11.6 Å². The highest BCUT2D eigenvalue weighted by Gasteiger charge is 2.18. The van der Waals surface area contributed by atoms with Crippen LogP contribution in [0.15, 0.2) is 79.0 Å². The molecule has 160 valence electrons. The molecule has 1 N–H and O–H groups in total. The lowest BCUT2D eigenvalue weighted by Crippen LogP contribution is -2.46. The van der Waals surface area contributed by atoms with E-state index in [9.17, 15) is 4.79 Å². The zero-order valence-electron chi connectivity index (χ0n) is 17.8. The lowest BCUT2D eigenvalue weighted by Gasteiger charge is -2.35. The lowest BCUT2D eigenvalue weighted by molar-refractivity contribution is -0.122. The number of benzene rings is 2. The Morgan fingerprint density at radius 1 is 0.968 bits per heavy atom. The highest BCUT2D eigenvalue weighted by atomic mass is 16.5. The zero-order chi connectivity index (χ0) is 21.5. The van der Waals surface area contributed by atoms with Crippen molar-refractivity contribution in [2.45, 2.75) is 19.6 Å². The molecular weight excluding hydrogens is 388 g/mol. The SMILES string of the molecule is CC(Oc1ccccc1)C(=O)Nc1ccc(CN2CCN(c3ccccn3)CC2)cc1. The number of para-hydroxylation sites is 1. The minimum atomic E-state index is -0.572. The van der Waals surface area contributed by atoms with Gasteiger partial charge in [-0.15, -0.1) is 0 Å². The third kappa shape index (κ3) is 5.83. The van der Waals surface area contributed by atoms with Crippen LogP contribution in [-0.2, 0) is 11.3 Å². The van der Waals surface area contributed by atoms with Gasteiger partial charge in [0.2, 0.25) is 0 Å². The maximum Gasteiger partial charge on any atom is 0.265 e. The van der Waals surface area contributed by atoms with Crippen molar-refractivity contribution >= 4 is 17.4 Å². The first kappa shape index (κ1) is 20.9. The van der Waals surface area contributed by atoms with Crippen LogP contribution in [-0.4, -0.2) is 48.1 Å². The predicted molar refractivity (Wildman–Crippen MR) is 123 cm³/mol. The van der Waals surface area contributed by atoms with Crippen LogP contribution in [0.1, 0.15) is 12.5 Å². The molecule has 1 atom stereocenters. The van der Waals surface area contributed by atoms with E-state index in [1.165, 1.54) is 5.56 Å². The van der Waals surface area contributed by atoms with Crippen molar-refractivity contribution in [3.8, 4) is 5.75 Å². The standard InChI is InChI=1S/C25H28N4O2/c1-20(31-23-7-3-2-4-8-23)25(30)27-22-12-10-21(11-13-22)19-28-15-17-29(18-16-28)24-9-5-6-14-26-24/h2-14,20H,15-19H2,1H3,(H,27,30). The Labute approximate surface area is 183 Å². The maximum atomic E-state index is 12.4. The summed E-state index contributed by atoms with van der Waals surface area (Å²) in [6.07, 6.45) is 1.27. The normalized spacial score (nSPS) is 15.3. The van der Waals surface area contributed by atoms with Crippen molar-refractivity contribution in [3.63, 3.8) is 0 Å². The van der Waals surface area contributed by atoms with Gasteiger partial charge in [-0.25, -0.2) is 4.98 Å². The quantitative estimate of drug-likeness (QED) is 0.635. The number of carbonyl (C=O) groups excluding carboxylic acids is 1. The van der Waals surface area contributed by atoms with Crippen LogP contribution in [0.25, 0.3) is 0 Å². The fourth-order valence-corrected chi connectivity index (χ4v) is 3.63. The third-order valence-electron chi connectivity index (χ3n) is 5.40. The summed E-state index contributed by atoms with van der Waals surface area (Å²) in [5.41, 5.74) is 2.01. The van der Waals surface area contributed by atoms with E-state index in [1.807, 2.05) is 60.8 Å². The van der Waals surface area contributed by atoms with Gasteiger partial charge in [0, 0.05) is 44.6 Å². The summed E-state index contributed by atoms with van der Waals surface area (Å²) in [6, 6.07) is 23.5. The van der Waals surface area contributed by atoms with Gasteiger partial charge in [0.05, 0.1) is 0 Å². The number of nitrogens with zero attached hydrogens (tertiary/aromatic N) is 3. The summed E-state index contributed by atoms with van der Waals surface area (Å²) in [5, 5.41) is 2.93. The number of carbonyl (C=O) groups is 1. The highest BCUT2D eigenvalue weighted by molar-refractivity contribution is 5.94. The summed E-state index contributed by atoms with van der Waals surface area (Å²) in [6.45, 7) is 6.61.